The summed E-state index contributed by atoms with van der Waals surface area (Å²) in [6, 6.07) is 7.49. The molecule has 5 heteroatoms. The zero-order chi connectivity index (χ0) is 12.9. The second-order valence-electron chi connectivity index (χ2n) is 4.51. The minimum Gasteiger partial charge on any atom is -0.368 e. The highest BCUT2D eigenvalue weighted by Gasteiger charge is 2.31. The lowest BCUT2D eigenvalue weighted by Crippen LogP contribution is -2.22. The fraction of sp³-hybridized carbons (Fsp3) is 0.231. The SMILES string of the molecule is CC1C(=O)N(C)c2ccc(-c3cc(N)on3)cc21. The van der Waals surface area contributed by atoms with Gasteiger partial charge in [-0.3, -0.25) is 4.79 Å². The Hall–Kier alpha value is -2.30. The lowest BCUT2D eigenvalue weighted by molar-refractivity contribution is -0.118. The zero-order valence-corrected chi connectivity index (χ0v) is 10.2. The lowest BCUT2D eigenvalue weighted by Gasteiger charge is -2.09. The van der Waals surface area contributed by atoms with Crippen LogP contribution in [-0.4, -0.2) is 18.1 Å². The van der Waals surface area contributed by atoms with E-state index in [0.29, 0.717) is 5.69 Å². The molecule has 0 saturated heterocycles. The molecule has 1 amide bonds. The van der Waals surface area contributed by atoms with Gasteiger partial charge in [-0.15, -0.1) is 0 Å². The van der Waals surface area contributed by atoms with Gasteiger partial charge in [0.15, 0.2) is 0 Å². The average molecular weight is 243 g/mol. The number of hydrogen-bond acceptors (Lipinski definition) is 4. The van der Waals surface area contributed by atoms with Crippen molar-refractivity contribution in [2.24, 2.45) is 0 Å². The Labute approximate surface area is 104 Å². The molecule has 92 valence electrons. The van der Waals surface area contributed by atoms with Crippen LogP contribution in [0, 0.1) is 0 Å². The number of carbonyl (C=O) groups excluding carboxylic acids is 1. The molecule has 1 aromatic carbocycles. The van der Waals surface area contributed by atoms with Crippen LogP contribution in [0.4, 0.5) is 11.6 Å². The van der Waals surface area contributed by atoms with Crippen molar-refractivity contribution in [3.63, 3.8) is 0 Å². The van der Waals surface area contributed by atoms with Crippen molar-refractivity contribution in [2.45, 2.75) is 12.8 Å². The van der Waals surface area contributed by atoms with Gasteiger partial charge in [-0.2, -0.15) is 0 Å². The molecule has 2 N–H and O–H groups in total. The summed E-state index contributed by atoms with van der Waals surface area (Å²) in [6.07, 6.45) is 0. The molecular formula is C13H13N3O2. The molecule has 1 aliphatic rings. The molecule has 18 heavy (non-hydrogen) atoms. The third-order valence-corrected chi connectivity index (χ3v) is 3.38. The number of aromatic nitrogens is 1. The number of likely N-dealkylation sites (N-methyl/N-ethyl adjacent to an activating group) is 1. The maximum absolute atomic E-state index is 11.9. The van der Waals surface area contributed by atoms with Crippen molar-refractivity contribution in [1.82, 2.24) is 5.16 Å². The number of nitrogens with two attached hydrogens (primary N) is 1. The maximum atomic E-state index is 11.9. The summed E-state index contributed by atoms with van der Waals surface area (Å²) in [5.74, 6) is 0.280. The Balaban J connectivity index is 2.10. The van der Waals surface area contributed by atoms with Gasteiger partial charge in [0.05, 0.1) is 5.92 Å². The zero-order valence-electron chi connectivity index (χ0n) is 10.2. The van der Waals surface area contributed by atoms with Crippen LogP contribution in [0.1, 0.15) is 18.4 Å². The highest BCUT2D eigenvalue weighted by Crippen LogP contribution is 2.38. The standard InChI is InChI=1S/C13H13N3O2/c1-7-9-5-8(10-6-12(14)18-15-10)3-4-11(9)16(2)13(7)17/h3-7H,14H2,1-2H3. The van der Waals surface area contributed by atoms with E-state index >= 15 is 0 Å². The molecule has 0 spiro atoms. The minimum atomic E-state index is -0.116. The molecular weight excluding hydrogens is 230 g/mol. The van der Waals surface area contributed by atoms with Crippen molar-refractivity contribution >= 4 is 17.5 Å². The summed E-state index contributed by atoms with van der Waals surface area (Å²) in [6.45, 7) is 1.91. The van der Waals surface area contributed by atoms with E-state index in [1.807, 2.05) is 25.1 Å². The smallest absolute Gasteiger partial charge is 0.234 e. The Bertz CT molecular complexity index is 633. The summed E-state index contributed by atoms with van der Waals surface area (Å²) in [5, 5.41) is 3.88. The van der Waals surface area contributed by atoms with E-state index in [4.69, 9.17) is 10.3 Å². The van der Waals surface area contributed by atoms with E-state index in [-0.39, 0.29) is 17.7 Å². The monoisotopic (exact) mass is 243 g/mol. The van der Waals surface area contributed by atoms with Gasteiger partial charge < -0.3 is 15.2 Å². The molecule has 0 radical (unpaired) electrons. The van der Waals surface area contributed by atoms with Crippen LogP contribution in [0.15, 0.2) is 28.8 Å². The van der Waals surface area contributed by atoms with Crippen LogP contribution in [0.5, 0.6) is 0 Å². The van der Waals surface area contributed by atoms with E-state index < -0.39 is 0 Å². The average Bonchev–Trinajstić information content (AvgIpc) is 2.89. The van der Waals surface area contributed by atoms with Crippen molar-refractivity contribution in [2.75, 3.05) is 17.7 Å². The second kappa shape index (κ2) is 3.60. The third-order valence-electron chi connectivity index (χ3n) is 3.38. The summed E-state index contributed by atoms with van der Waals surface area (Å²) in [4.78, 5) is 13.6. The lowest BCUT2D eigenvalue weighted by atomic mass is 9.99. The predicted molar refractivity (Wildman–Crippen MR) is 68.2 cm³/mol. The molecule has 3 rings (SSSR count). The van der Waals surface area contributed by atoms with Crippen LogP contribution < -0.4 is 10.6 Å². The minimum absolute atomic E-state index is 0.113. The van der Waals surface area contributed by atoms with E-state index in [0.717, 1.165) is 16.8 Å². The first-order valence-corrected chi connectivity index (χ1v) is 5.72. The first-order valence-electron chi connectivity index (χ1n) is 5.72. The second-order valence-corrected chi connectivity index (χ2v) is 4.51. The van der Waals surface area contributed by atoms with Gasteiger partial charge in [0.25, 0.3) is 0 Å². The van der Waals surface area contributed by atoms with Gasteiger partial charge in [-0.25, -0.2) is 0 Å². The third kappa shape index (κ3) is 1.40. The Morgan fingerprint density at radius 2 is 2.17 bits per heavy atom. The van der Waals surface area contributed by atoms with Crippen LogP contribution in [-0.2, 0) is 4.79 Å². The van der Waals surface area contributed by atoms with Gasteiger partial charge in [-0.1, -0.05) is 11.2 Å². The van der Waals surface area contributed by atoms with Gasteiger partial charge in [-0.05, 0) is 24.6 Å². The van der Waals surface area contributed by atoms with E-state index in [9.17, 15) is 4.79 Å². The van der Waals surface area contributed by atoms with Gasteiger partial charge in [0, 0.05) is 24.4 Å². The van der Waals surface area contributed by atoms with Crippen LogP contribution in [0.3, 0.4) is 0 Å². The normalized spacial score (nSPS) is 18.2. The fourth-order valence-electron chi connectivity index (χ4n) is 2.33. The summed E-state index contributed by atoms with van der Waals surface area (Å²) < 4.78 is 4.86. The molecule has 1 unspecified atom stereocenters. The Morgan fingerprint density at radius 1 is 1.39 bits per heavy atom. The van der Waals surface area contributed by atoms with Crippen molar-refractivity contribution < 1.29 is 9.32 Å². The first-order chi connectivity index (χ1) is 8.58. The molecule has 2 heterocycles. The number of nitrogens with zero attached hydrogens (tertiary/aromatic N) is 2. The largest absolute Gasteiger partial charge is 0.368 e. The van der Waals surface area contributed by atoms with E-state index in [1.165, 1.54) is 0 Å². The molecule has 5 nitrogen and oxygen atoms in total. The molecule has 0 saturated carbocycles. The number of fused-ring (bicyclic) bond motifs is 1. The molecule has 1 atom stereocenters. The molecule has 2 aromatic rings. The molecule has 1 aromatic heterocycles. The highest BCUT2D eigenvalue weighted by molar-refractivity contribution is 6.04. The van der Waals surface area contributed by atoms with Crippen LogP contribution in [0.2, 0.25) is 0 Å². The number of amides is 1. The predicted octanol–water partition coefficient (Wildman–Crippen LogP) is 2.00. The number of carbonyl (C=O) groups is 1. The topological polar surface area (TPSA) is 72.4 Å². The van der Waals surface area contributed by atoms with Crippen molar-refractivity contribution in [3.05, 3.63) is 29.8 Å². The Kier molecular flexibility index (Phi) is 2.16. The number of anilines is 2. The van der Waals surface area contributed by atoms with Gasteiger partial charge in [0.1, 0.15) is 5.69 Å². The van der Waals surface area contributed by atoms with Crippen molar-refractivity contribution in [1.29, 1.82) is 0 Å². The Morgan fingerprint density at radius 3 is 2.83 bits per heavy atom. The maximum Gasteiger partial charge on any atom is 0.234 e. The number of nitrogen functional groups attached to an aromatic ring is 1. The molecule has 0 fully saturated rings. The van der Waals surface area contributed by atoms with Crippen LogP contribution in [0.25, 0.3) is 11.3 Å². The number of rotatable bonds is 1. The number of benzene rings is 1. The fourth-order valence-corrected chi connectivity index (χ4v) is 2.33. The first kappa shape index (κ1) is 10.8. The van der Waals surface area contributed by atoms with Crippen LogP contribution >= 0.6 is 0 Å². The highest BCUT2D eigenvalue weighted by atomic mass is 16.5. The van der Waals surface area contributed by atoms with Gasteiger partial charge in [0.2, 0.25) is 11.8 Å². The number of hydrogen-bond donors (Lipinski definition) is 1. The molecule has 0 bridgehead atoms. The van der Waals surface area contributed by atoms with E-state index in [2.05, 4.69) is 5.16 Å². The quantitative estimate of drug-likeness (QED) is 0.831. The summed E-state index contributed by atoms with van der Waals surface area (Å²) in [5.41, 5.74) is 9.07. The summed E-state index contributed by atoms with van der Waals surface area (Å²) in [7, 11) is 1.79. The molecule has 1 aliphatic heterocycles. The molecule has 0 aliphatic carbocycles. The summed E-state index contributed by atoms with van der Waals surface area (Å²) >= 11 is 0. The van der Waals surface area contributed by atoms with Gasteiger partial charge >= 0.3 is 0 Å². The van der Waals surface area contributed by atoms with Crippen molar-refractivity contribution in [3.8, 4) is 11.3 Å². The van der Waals surface area contributed by atoms with E-state index in [1.54, 1.807) is 18.0 Å².